The summed E-state index contributed by atoms with van der Waals surface area (Å²) in [6.45, 7) is 6.50. The van der Waals surface area contributed by atoms with Crippen molar-refractivity contribution in [1.82, 2.24) is 0 Å². The molecule has 0 aliphatic rings. The molecule has 1 unspecified atom stereocenters. The number of unbranched alkanes of at least 4 members (excludes halogenated alkanes) is 38. The van der Waals surface area contributed by atoms with E-state index in [0.717, 1.165) is 103 Å². The van der Waals surface area contributed by atoms with Crippen LogP contribution in [0.1, 0.15) is 342 Å². The topological polar surface area (TPSA) is 78.9 Å². The van der Waals surface area contributed by atoms with E-state index >= 15 is 0 Å². The molecule has 0 aromatic rings. The minimum atomic E-state index is -0.774. The third-order valence-electron chi connectivity index (χ3n) is 14.7. The monoisotopic (exact) mass is 1070 g/mol. The van der Waals surface area contributed by atoms with Crippen LogP contribution in [-0.4, -0.2) is 37.2 Å². The molecule has 0 heterocycles. The van der Waals surface area contributed by atoms with Crippen molar-refractivity contribution in [1.29, 1.82) is 0 Å². The van der Waals surface area contributed by atoms with Crippen LogP contribution in [-0.2, 0) is 28.6 Å². The fourth-order valence-electron chi connectivity index (χ4n) is 9.71. The summed E-state index contributed by atoms with van der Waals surface area (Å²) in [4.78, 5) is 38.2. The first-order valence-corrected chi connectivity index (χ1v) is 33.4. The average Bonchev–Trinajstić information content (AvgIpc) is 3.43. The van der Waals surface area contributed by atoms with Gasteiger partial charge in [-0.3, -0.25) is 14.4 Å². The molecule has 6 nitrogen and oxygen atoms in total. The Morgan fingerprint density at radius 2 is 0.532 bits per heavy atom. The Hall–Kier alpha value is -3.15. The number of hydrogen-bond acceptors (Lipinski definition) is 6. The molecule has 0 aliphatic carbocycles. The van der Waals surface area contributed by atoms with Crippen LogP contribution in [0.25, 0.3) is 0 Å². The van der Waals surface area contributed by atoms with Gasteiger partial charge < -0.3 is 14.2 Å². The van der Waals surface area contributed by atoms with Gasteiger partial charge in [0.1, 0.15) is 13.2 Å². The molecule has 1 atom stereocenters. The first-order valence-electron chi connectivity index (χ1n) is 33.4. The van der Waals surface area contributed by atoms with E-state index in [0.29, 0.717) is 19.3 Å². The summed E-state index contributed by atoms with van der Waals surface area (Å²) in [5, 5.41) is 0. The van der Waals surface area contributed by atoms with Gasteiger partial charge in [0.25, 0.3) is 0 Å². The van der Waals surface area contributed by atoms with Crippen molar-refractivity contribution < 1.29 is 28.6 Å². The van der Waals surface area contributed by atoms with Crippen molar-refractivity contribution in [3.05, 3.63) is 72.9 Å². The molecule has 0 saturated carbocycles. The maximum atomic E-state index is 12.9. The van der Waals surface area contributed by atoms with Gasteiger partial charge in [-0.1, -0.05) is 312 Å². The molecule has 0 aromatic heterocycles. The number of allylic oxidation sites excluding steroid dienone is 12. The van der Waals surface area contributed by atoms with Crippen LogP contribution in [0.5, 0.6) is 0 Å². The summed E-state index contributed by atoms with van der Waals surface area (Å²) in [5.74, 6) is -0.865. The zero-order valence-electron chi connectivity index (χ0n) is 51.2. The van der Waals surface area contributed by atoms with E-state index in [9.17, 15) is 14.4 Å². The third-order valence-corrected chi connectivity index (χ3v) is 14.7. The lowest BCUT2D eigenvalue weighted by Crippen LogP contribution is -2.30. The summed E-state index contributed by atoms with van der Waals surface area (Å²) >= 11 is 0. The molecule has 6 heteroatoms. The predicted octanol–water partition coefficient (Wildman–Crippen LogP) is 22.9. The largest absolute Gasteiger partial charge is 0.462 e. The lowest BCUT2D eigenvalue weighted by atomic mass is 10.0. The Bertz CT molecular complexity index is 1420. The Labute approximate surface area is 478 Å². The normalized spacial score (nSPS) is 12.5. The van der Waals surface area contributed by atoms with Gasteiger partial charge in [-0.15, -0.1) is 0 Å². The van der Waals surface area contributed by atoms with Gasteiger partial charge in [-0.2, -0.15) is 0 Å². The van der Waals surface area contributed by atoms with E-state index < -0.39 is 6.10 Å². The maximum absolute atomic E-state index is 12.9. The SMILES string of the molecule is CC/C=C\C/C=C\C/C=C\C/C=C\C/C=C\CCCCCCCCCCCCCCCCCCCC(=O)OCC(COC(=O)CCCCCCC/C=C\CCC)OC(=O)CCCCCCCCCCCCCCCCCC. The first kappa shape index (κ1) is 73.8. The number of carbonyl (C=O) groups is 3. The van der Waals surface area contributed by atoms with Crippen LogP contribution in [0.3, 0.4) is 0 Å². The molecule has 0 aromatic carbocycles. The second kappa shape index (κ2) is 65.4. The quantitative estimate of drug-likeness (QED) is 0.0261. The van der Waals surface area contributed by atoms with Crippen LogP contribution in [0.4, 0.5) is 0 Å². The molecule has 0 amide bonds. The van der Waals surface area contributed by atoms with Crippen molar-refractivity contribution in [3.63, 3.8) is 0 Å². The number of carbonyl (C=O) groups excluding carboxylic acids is 3. The molecule has 0 aliphatic heterocycles. The van der Waals surface area contributed by atoms with Gasteiger partial charge in [0.15, 0.2) is 6.10 Å². The second-order valence-corrected chi connectivity index (χ2v) is 22.4. The van der Waals surface area contributed by atoms with Crippen LogP contribution in [0.15, 0.2) is 72.9 Å². The lowest BCUT2D eigenvalue weighted by Gasteiger charge is -2.18. The van der Waals surface area contributed by atoms with E-state index in [1.54, 1.807) is 0 Å². The maximum Gasteiger partial charge on any atom is 0.306 e. The summed E-state index contributed by atoms with van der Waals surface area (Å²) in [6, 6.07) is 0. The number of esters is 3. The minimum absolute atomic E-state index is 0.0724. The van der Waals surface area contributed by atoms with Crippen LogP contribution < -0.4 is 0 Å². The Kier molecular flexibility index (Phi) is 62.7. The zero-order chi connectivity index (χ0) is 55.7. The molecule has 77 heavy (non-hydrogen) atoms. The van der Waals surface area contributed by atoms with Gasteiger partial charge in [-0.25, -0.2) is 0 Å². The van der Waals surface area contributed by atoms with Crippen molar-refractivity contribution in [2.24, 2.45) is 0 Å². The predicted molar refractivity (Wildman–Crippen MR) is 335 cm³/mol. The number of ether oxygens (including phenoxy) is 3. The van der Waals surface area contributed by atoms with Crippen LogP contribution in [0.2, 0.25) is 0 Å². The van der Waals surface area contributed by atoms with Crippen molar-refractivity contribution in [3.8, 4) is 0 Å². The van der Waals surface area contributed by atoms with Crippen molar-refractivity contribution in [2.75, 3.05) is 13.2 Å². The summed E-state index contributed by atoms with van der Waals surface area (Å²) in [7, 11) is 0. The van der Waals surface area contributed by atoms with Gasteiger partial charge in [-0.05, 0) is 83.5 Å². The van der Waals surface area contributed by atoms with Crippen LogP contribution in [0, 0.1) is 0 Å². The van der Waals surface area contributed by atoms with E-state index in [1.807, 2.05) is 0 Å². The molecular weight excluding hydrogens is 949 g/mol. The van der Waals surface area contributed by atoms with Gasteiger partial charge in [0.05, 0.1) is 0 Å². The molecule has 0 saturated heterocycles. The first-order chi connectivity index (χ1) is 38.0. The molecule has 0 spiro atoms. The highest BCUT2D eigenvalue weighted by molar-refractivity contribution is 5.71. The summed E-state index contributed by atoms with van der Waals surface area (Å²) in [6.07, 6.45) is 85.1. The van der Waals surface area contributed by atoms with E-state index in [2.05, 4.69) is 93.7 Å². The molecule has 0 rings (SSSR count). The second-order valence-electron chi connectivity index (χ2n) is 22.4. The fraction of sp³-hybridized carbons (Fsp3) is 0.789. The van der Waals surface area contributed by atoms with Crippen molar-refractivity contribution >= 4 is 17.9 Å². The lowest BCUT2D eigenvalue weighted by molar-refractivity contribution is -0.167. The van der Waals surface area contributed by atoms with E-state index in [4.69, 9.17) is 14.2 Å². The van der Waals surface area contributed by atoms with E-state index in [-0.39, 0.29) is 31.1 Å². The van der Waals surface area contributed by atoms with Gasteiger partial charge in [0, 0.05) is 19.3 Å². The Morgan fingerprint density at radius 3 is 0.857 bits per heavy atom. The third kappa shape index (κ3) is 63.6. The smallest absolute Gasteiger partial charge is 0.306 e. The van der Waals surface area contributed by atoms with Crippen molar-refractivity contribution in [2.45, 2.75) is 348 Å². The highest BCUT2D eigenvalue weighted by Crippen LogP contribution is 2.18. The minimum Gasteiger partial charge on any atom is -0.462 e. The standard InChI is InChI=1S/C71H126O6/c1-4-7-10-13-16-19-22-24-26-28-29-30-31-32-33-34-35-36-37-38-39-40-41-42-43-44-46-47-49-52-55-58-61-64-70(73)76-67-68(66-75-69(72)63-60-57-54-51-21-18-15-12-9-6-3)77-71(74)65-62-59-56-53-50-48-45-27-25-23-20-17-14-11-8-5-2/h7,10,12,15-16,19,24,26,29-30,32-33,68H,4-6,8-9,11,13-14,17-18,20-23,25,27-28,31,34-67H2,1-3H3/b10-7-,15-12-,19-16-,26-24-,30-29-,33-32-. The molecule has 0 N–H and O–H groups in total. The van der Waals surface area contributed by atoms with E-state index in [1.165, 1.54) is 199 Å². The van der Waals surface area contributed by atoms with Gasteiger partial charge >= 0.3 is 17.9 Å². The number of hydrogen-bond donors (Lipinski definition) is 0. The molecular formula is C71H126O6. The molecule has 0 bridgehead atoms. The molecule has 0 fully saturated rings. The number of rotatable bonds is 61. The fourth-order valence-corrected chi connectivity index (χ4v) is 9.71. The molecule has 446 valence electrons. The Morgan fingerprint density at radius 1 is 0.273 bits per heavy atom. The molecule has 0 radical (unpaired) electrons. The summed E-state index contributed by atoms with van der Waals surface area (Å²) in [5.41, 5.74) is 0. The van der Waals surface area contributed by atoms with Crippen LogP contribution >= 0.6 is 0 Å². The summed E-state index contributed by atoms with van der Waals surface area (Å²) < 4.78 is 16.9. The highest BCUT2D eigenvalue weighted by Gasteiger charge is 2.19. The zero-order valence-corrected chi connectivity index (χ0v) is 51.2. The van der Waals surface area contributed by atoms with Gasteiger partial charge in [0.2, 0.25) is 0 Å². The average molecular weight is 1080 g/mol. The Balaban J connectivity index is 4.08. The highest BCUT2D eigenvalue weighted by atomic mass is 16.6.